The van der Waals surface area contributed by atoms with Crippen LogP contribution in [0.4, 0.5) is 0 Å². The molecule has 1 aliphatic rings. The fourth-order valence-corrected chi connectivity index (χ4v) is 3.12. The summed E-state index contributed by atoms with van der Waals surface area (Å²) in [6.07, 6.45) is 1.48. The van der Waals surface area contributed by atoms with Gasteiger partial charge in [0.1, 0.15) is 23.3 Å². The van der Waals surface area contributed by atoms with Crippen molar-refractivity contribution in [3.63, 3.8) is 0 Å². The van der Waals surface area contributed by atoms with Crippen LogP contribution in [0.2, 0.25) is 0 Å². The van der Waals surface area contributed by atoms with E-state index in [1.165, 1.54) is 16.9 Å². The Morgan fingerprint density at radius 1 is 1.38 bits per heavy atom. The minimum absolute atomic E-state index is 0.156. The molecule has 21 heavy (non-hydrogen) atoms. The van der Waals surface area contributed by atoms with Gasteiger partial charge in [0.15, 0.2) is 5.78 Å². The van der Waals surface area contributed by atoms with Gasteiger partial charge in [-0.05, 0) is 24.3 Å². The van der Waals surface area contributed by atoms with Gasteiger partial charge in [0, 0.05) is 12.0 Å². The third-order valence-electron chi connectivity index (χ3n) is 3.47. The van der Waals surface area contributed by atoms with Crippen molar-refractivity contribution in [3.05, 3.63) is 51.7 Å². The number of Topliss-reactive ketones (excluding diaryl/α,β-unsaturated/α-hetero) is 1. The summed E-state index contributed by atoms with van der Waals surface area (Å²) in [5.41, 5.74) is 2.22. The van der Waals surface area contributed by atoms with E-state index in [1.807, 2.05) is 30.5 Å². The number of benzene rings is 1. The Morgan fingerprint density at radius 2 is 2.14 bits per heavy atom. The molecule has 1 unspecified atom stereocenters. The van der Waals surface area contributed by atoms with Crippen molar-refractivity contribution in [1.82, 2.24) is 0 Å². The highest BCUT2D eigenvalue weighted by Gasteiger charge is 2.25. The van der Waals surface area contributed by atoms with Gasteiger partial charge in [0.2, 0.25) is 0 Å². The molecule has 1 aromatic carbocycles. The molecule has 1 aliphatic heterocycles. The molecule has 1 aromatic heterocycles. The zero-order chi connectivity index (χ0) is 14.7. The van der Waals surface area contributed by atoms with Crippen LogP contribution >= 0.6 is 11.3 Å². The van der Waals surface area contributed by atoms with E-state index in [-0.39, 0.29) is 11.9 Å². The van der Waals surface area contributed by atoms with Gasteiger partial charge in [-0.15, -0.1) is 11.3 Å². The Hall–Kier alpha value is -1.65. The number of epoxide rings is 1. The molecule has 1 saturated heterocycles. The lowest BCUT2D eigenvalue weighted by molar-refractivity contribution is 0.0982. The molecule has 3 nitrogen and oxygen atoms in total. The predicted octanol–water partition coefficient (Wildman–Crippen LogP) is 3.65. The first-order valence-corrected chi connectivity index (χ1v) is 8.01. The SMILES string of the molecule is Cc1csc(C(=O)CCc2ccccc2)c1OCC1CO1. The van der Waals surface area contributed by atoms with E-state index in [1.54, 1.807) is 0 Å². The number of ether oxygens (including phenoxy) is 2. The maximum atomic E-state index is 12.4. The Kier molecular flexibility index (Phi) is 4.36. The second-order valence-electron chi connectivity index (χ2n) is 5.25. The summed E-state index contributed by atoms with van der Waals surface area (Å²) in [6, 6.07) is 10.1. The molecular formula is C17H18O3S. The third kappa shape index (κ3) is 3.71. The standard InChI is InChI=1S/C17H18O3S/c1-12-11-21-17(16(12)20-10-14-9-19-14)15(18)8-7-13-5-3-2-4-6-13/h2-6,11,14H,7-10H2,1H3. The van der Waals surface area contributed by atoms with E-state index in [4.69, 9.17) is 9.47 Å². The molecule has 0 saturated carbocycles. The Morgan fingerprint density at radius 3 is 2.86 bits per heavy atom. The average molecular weight is 302 g/mol. The molecule has 2 aromatic rings. The lowest BCUT2D eigenvalue weighted by atomic mass is 10.1. The number of ketones is 1. The molecular weight excluding hydrogens is 284 g/mol. The molecule has 0 radical (unpaired) electrons. The summed E-state index contributed by atoms with van der Waals surface area (Å²) in [5.74, 6) is 0.900. The van der Waals surface area contributed by atoms with E-state index in [0.29, 0.717) is 13.0 Å². The van der Waals surface area contributed by atoms with Gasteiger partial charge in [-0.1, -0.05) is 30.3 Å². The lowest BCUT2D eigenvalue weighted by Gasteiger charge is -2.07. The molecule has 2 heterocycles. The summed E-state index contributed by atoms with van der Waals surface area (Å²) in [4.78, 5) is 13.2. The van der Waals surface area contributed by atoms with E-state index in [9.17, 15) is 4.79 Å². The van der Waals surface area contributed by atoms with Crippen LogP contribution in [0.5, 0.6) is 5.75 Å². The van der Waals surface area contributed by atoms with Crippen LogP contribution in [-0.4, -0.2) is 25.1 Å². The first-order chi connectivity index (χ1) is 10.2. The number of aryl methyl sites for hydroxylation is 2. The normalized spacial score (nSPS) is 16.7. The predicted molar refractivity (Wildman–Crippen MR) is 83.4 cm³/mol. The zero-order valence-electron chi connectivity index (χ0n) is 12.0. The van der Waals surface area contributed by atoms with Gasteiger partial charge in [-0.3, -0.25) is 4.79 Å². The second-order valence-corrected chi connectivity index (χ2v) is 6.13. The van der Waals surface area contributed by atoms with Gasteiger partial charge < -0.3 is 9.47 Å². The van der Waals surface area contributed by atoms with Crippen molar-refractivity contribution in [1.29, 1.82) is 0 Å². The second kappa shape index (κ2) is 6.41. The molecule has 0 amide bonds. The summed E-state index contributed by atoms with van der Waals surface area (Å²) < 4.78 is 10.9. The van der Waals surface area contributed by atoms with Gasteiger partial charge in [0.05, 0.1) is 6.61 Å². The van der Waals surface area contributed by atoms with Crippen LogP contribution in [-0.2, 0) is 11.2 Å². The molecule has 1 fully saturated rings. The van der Waals surface area contributed by atoms with E-state index < -0.39 is 0 Å². The Balaban J connectivity index is 1.63. The fraction of sp³-hybridized carbons (Fsp3) is 0.353. The third-order valence-corrected chi connectivity index (χ3v) is 4.59. The minimum Gasteiger partial charge on any atom is -0.489 e. The highest BCUT2D eigenvalue weighted by Crippen LogP contribution is 2.32. The summed E-state index contributed by atoms with van der Waals surface area (Å²) >= 11 is 1.48. The molecule has 4 heteroatoms. The van der Waals surface area contributed by atoms with Crippen LogP contribution in [0.1, 0.15) is 27.2 Å². The van der Waals surface area contributed by atoms with E-state index >= 15 is 0 Å². The minimum atomic E-state index is 0.156. The molecule has 0 spiro atoms. The number of hydrogen-bond donors (Lipinski definition) is 0. The highest BCUT2D eigenvalue weighted by atomic mass is 32.1. The monoisotopic (exact) mass is 302 g/mol. The van der Waals surface area contributed by atoms with Crippen LogP contribution in [0.25, 0.3) is 0 Å². The van der Waals surface area contributed by atoms with Crippen molar-refractivity contribution in [2.45, 2.75) is 25.9 Å². The number of carbonyl (C=O) groups excluding carboxylic acids is 1. The zero-order valence-corrected chi connectivity index (χ0v) is 12.8. The van der Waals surface area contributed by atoms with Crippen LogP contribution in [0.3, 0.4) is 0 Å². The molecule has 3 rings (SSSR count). The van der Waals surface area contributed by atoms with Crippen molar-refractivity contribution >= 4 is 17.1 Å². The Labute approximate surface area is 128 Å². The smallest absolute Gasteiger partial charge is 0.176 e. The highest BCUT2D eigenvalue weighted by molar-refractivity contribution is 7.12. The van der Waals surface area contributed by atoms with E-state index in [2.05, 4.69) is 12.1 Å². The van der Waals surface area contributed by atoms with Gasteiger partial charge >= 0.3 is 0 Å². The first-order valence-electron chi connectivity index (χ1n) is 7.13. The largest absolute Gasteiger partial charge is 0.489 e. The fourth-order valence-electron chi connectivity index (χ4n) is 2.16. The molecule has 0 bridgehead atoms. The van der Waals surface area contributed by atoms with Crippen LogP contribution in [0, 0.1) is 6.92 Å². The first kappa shape index (κ1) is 14.3. The van der Waals surface area contributed by atoms with Gasteiger partial charge in [-0.25, -0.2) is 0 Å². The molecule has 1 atom stereocenters. The molecule has 110 valence electrons. The molecule has 0 aliphatic carbocycles. The topological polar surface area (TPSA) is 38.8 Å². The van der Waals surface area contributed by atoms with E-state index in [0.717, 1.165) is 29.2 Å². The summed E-state index contributed by atoms with van der Waals surface area (Å²) in [6.45, 7) is 3.28. The number of rotatable bonds is 7. The maximum absolute atomic E-state index is 12.4. The van der Waals surface area contributed by atoms with Crippen LogP contribution < -0.4 is 4.74 Å². The van der Waals surface area contributed by atoms with Gasteiger partial charge in [0.25, 0.3) is 0 Å². The van der Waals surface area contributed by atoms with Crippen molar-refractivity contribution in [3.8, 4) is 5.75 Å². The van der Waals surface area contributed by atoms with Crippen molar-refractivity contribution < 1.29 is 14.3 Å². The van der Waals surface area contributed by atoms with Crippen molar-refractivity contribution in [2.24, 2.45) is 0 Å². The van der Waals surface area contributed by atoms with Crippen LogP contribution in [0.15, 0.2) is 35.7 Å². The quantitative estimate of drug-likeness (QED) is 0.579. The number of hydrogen-bond acceptors (Lipinski definition) is 4. The lowest BCUT2D eigenvalue weighted by Crippen LogP contribution is -2.08. The summed E-state index contributed by atoms with van der Waals surface area (Å²) in [7, 11) is 0. The molecule has 0 N–H and O–H groups in total. The Bertz CT molecular complexity index is 614. The van der Waals surface area contributed by atoms with Gasteiger partial charge in [-0.2, -0.15) is 0 Å². The number of thiophene rings is 1. The number of carbonyl (C=O) groups is 1. The summed E-state index contributed by atoms with van der Waals surface area (Å²) in [5, 5.41) is 1.98. The maximum Gasteiger partial charge on any atom is 0.176 e. The van der Waals surface area contributed by atoms with Crippen molar-refractivity contribution in [2.75, 3.05) is 13.2 Å². The average Bonchev–Trinajstić information content (AvgIpc) is 3.26.